The third-order valence-corrected chi connectivity index (χ3v) is 6.30. The molecule has 9 heteroatoms. The van der Waals surface area contributed by atoms with Crippen LogP contribution in [0.25, 0.3) is 10.2 Å². The fourth-order valence-corrected chi connectivity index (χ4v) is 4.96. The molecule has 0 fully saturated rings. The molecule has 0 saturated heterocycles. The minimum absolute atomic E-state index is 0.244. The van der Waals surface area contributed by atoms with E-state index in [2.05, 4.69) is 4.98 Å². The topological polar surface area (TPSA) is 75.2 Å². The maximum absolute atomic E-state index is 13.9. The van der Waals surface area contributed by atoms with E-state index in [4.69, 9.17) is 0 Å². The molecule has 2 aromatic heterocycles. The maximum Gasteiger partial charge on any atom is 0.329 e. The lowest BCUT2D eigenvalue weighted by Crippen LogP contribution is -2.37. The molecule has 0 radical (unpaired) electrons. The molecule has 0 atom stereocenters. The third-order valence-electron chi connectivity index (χ3n) is 5.17. The van der Waals surface area contributed by atoms with E-state index in [1.165, 1.54) is 26.9 Å². The first kappa shape index (κ1) is 19.5. The molecule has 3 heterocycles. The van der Waals surface area contributed by atoms with E-state index in [0.717, 1.165) is 22.6 Å². The van der Waals surface area contributed by atoms with Crippen molar-refractivity contribution in [1.82, 2.24) is 14.5 Å². The molecule has 1 aromatic carbocycles. The first-order valence-corrected chi connectivity index (χ1v) is 10.2. The molecule has 6 nitrogen and oxygen atoms in total. The number of H-pyrrole nitrogens is 1. The van der Waals surface area contributed by atoms with Gasteiger partial charge in [0.2, 0.25) is 5.91 Å². The van der Waals surface area contributed by atoms with Crippen LogP contribution in [0, 0.1) is 11.6 Å². The van der Waals surface area contributed by atoms with Gasteiger partial charge in [-0.05, 0) is 30.5 Å². The number of nitrogens with zero attached hydrogens (tertiary/aromatic N) is 2. The Balaban J connectivity index is 1.64. The summed E-state index contributed by atoms with van der Waals surface area (Å²) >= 11 is 1.28. The van der Waals surface area contributed by atoms with Gasteiger partial charge in [-0.2, -0.15) is 0 Å². The minimum atomic E-state index is -0.744. The Morgan fingerprint density at radius 1 is 1.24 bits per heavy atom. The van der Waals surface area contributed by atoms with Gasteiger partial charge in [0.25, 0.3) is 5.56 Å². The molecule has 0 saturated carbocycles. The van der Waals surface area contributed by atoms with Gasteiger partial charge in [-0.25, -0.2) is 13.6 Å². The molecule has 0 spiro atoms. The van der Waals surface area contributed by atoms with Crippen molar-refractivity contribution in [2.75, 3.05) is 6.54 Å². The van der Waals surface area contributed by atoms with Crippen LogP contribution in [0.3, 0.4) is 0 Å². The van der Waals surface area contributed by atoms with Crippen molar-refractivity contribution in [2.24, 2.45) is 0 Å². The molecule has 4 rings (SSSR count). The predicted octanol–water partition coefficient (Wildman–Crippen LogP) is 2.57. The number of aromatic nitrogens is 2. The Morgan fingerprint density at radius 3 is 2.66 bits per heavy atom. The summed E-state index contributed by atoms with van der Waals surface area (Å²) in [4.78, 5) is 43.2. The van der Waals surface area contributed by atoms with Crippen LogP contribution in [-0.4, -0.2) is 26.9 Å². The third kappa shape index (κ3) is 3.39. The molecule has 0 aliphatic carbocycles. The van der Waals surface area contributed by atoms with Crippen LogP contribution in [0.5, 0.6) is 0 Å². The highest BCUT2D eigenvalue weighted by Crippen LogP contribution is 2.32. The molecule has 29 heavy (non-hydrogen) atoms. The number of carbonyl (C=O) groups excluding carboxylic acids is 1. The normalized spacial score (nSPS) is 13.7. The van der Waals surface area contributed by atoms with Crippen molar-refractivity contribution in [3.63, 3.8) is 0 Å². The summed E-state index contributed by atoms with van der Waals surface area (Å²) < 4.78 is 28.9. The number of fused-ring (bicyclic) bond motifs is 3. The number of aromatic amines is 1. The van der Waals surface area contributed by atoms with Crippen molar-refractivity contribution in [3.05, 3.63) is 66.7 Å². The van der Waals surface area contributed by atoms with Gasteiger partial charge in [0.1, 0.15) is 16.5 Å². The standard InChI is InChI=1S/C20H19F2N3O3S/c1-2-7-25-19(27)17-11-6-8-24(10-15(11)29-18(17)23-20(25)28)16(26)9-12-13(21)4-3-5-14(12)22/h3-5H,2,6-10H2,1H3,(H,23,28). The molecule has 1 N–H and O–H groups in total. The van der Waals surface area contributed by atoms with Crippen molar-refractivity contribution >= 4 is 27.5 Å². The molecule has 3 aromatic rings. The molecular weight excluding hydrogens is 400 g/mol. The Labute approximate surface area is 168 Å². The van der Waals surface area contributed by atoms with Crippen LogP contribution in [-0.2, 0) is 30.7 Å². The SMILES string of the molecule is CCCn1c(=O)[nH]c2sc3c(c2c1=O)CCN(C(=O)Cc1c(F)cccc1F)C3. The van der Waals surface area contributed by atoms with Gasteiger partial charge in [-0.1, -0.05) is 13.0 Å². The number of hydrogen-bond acceptors (Lipinski definition) is 4. The number of amides is 1. The summed E-state index contributed by atoms with van der Waals surface area (Å²) in [6.07, 6.45) is 0.753. The first-order valence-electron chi connectivity index (χ1n) is 9.38. The molecule has 0 bridgehead atoms. The quantitative estimate of drug-likeness (QED) is 0.706. The lowest BCUT2D eigenvalue weighted by atomic mass is 10.0. The highest BCUT2D eigenvalue weighted by atomic mass is 32.1. The van der Waals surface area contributed by atoms with E-state index < -0.39 is 17.3 Å². The Hall–Kier alpha value is -2.81. The fourth-order valence-electron chi connectivity index (χ4n) is 3.71. The summed E-state index contributed by atoms with van der Waals surface area (Å²) in [5, 5.41) is 0.505. The van der Waals surface area contributed by atoms with Crippen molar-refractivity contribution < 1.29 is 13.6 Å². The first-order chi connectivity index (χ1) is 13.9. The van der Waals surface area contributed by atoms with Crippen LogP contribution in [0.4, 0.5) is 8.78 Å². The molecule has 152 valence electrons. The lowest BCUT2D eigenvalue weighted by Gasteiger charge is -2.27. The number of nitrogens with one attached hydrogen (secondary N) is 1. The van der Waals surface area contributed by atoms with E-state index in [0.29, 0.717) is 36.1 Å². The summed E-state index contributed by atoms with van der Waals surface area (Å²) in [5.41, 5.74) is -0.147. The fraction of sp³-hybridized carbons (Fsp3) is 0.350. The largest absolute Gasteiger partial charge is 0.337 e. The van der Waals surface area contributed by atoms with E-state index >= 15 is 0 Å². The molecule has 1 aliphatic rings. The zero-order valence-electron chi connectivity index (χ0n) is 15.8. The van der Waals surface area contributed by atoms with Crippen LogP contribution in [0.1, 0.15) is 29.3 Å². The van der Waals surface area contributed by atoms with Gasteiger partial charge < -0.3 is 4.90 Å². The molecule has 1 aliphatic heterocycles. The van der Waals surface area contributed by atoms with Crippen molar-refractivity contribution in [1.29, 1.82) is 0 Å². The number of thiophene rings is 1. The monoisotopic (exact) mass is 419 g/mol. The Bertz CT molecular complexity index is 1210. The Morgan fingerprint density at radius 2 is 1.97 bits per heavy atom. The second-order valence-corrected chi connectivity index (χ2v) is 8.14. The zero-order chi connectivity index (χ0) is 20.7. The molecular formula is C20H19F2N3O3S. The van der Waals surface area contributed by atoms with E-state index in [9.17, 15) is 23.2 Å². The van der Waals surface area contributed by atoms with Crippen LogP contribution < -0.4 is 11.2 Å². The Kier molecular flexibility index (Phi) is 5.08. The number of rotatable bonds is 4. The second kappa shape index (κ2) is 7.55. The van der Waals surface area contributed by atoms with Gasteiger partial charge in [0, 0.05) is 23.5 Å². The average molecular weight is 419 g/mol. The minimum Gasteiger partial charge on any atom is -0.337 e. The highest BCUT2D eigenvalue weighted by molar-refractivity contribution is 7.18. The number of carbonyl (C=O) groups is 1. The smallest absolute Gasteiger partial charge is 0.329 e. The summed E-state index contributed by atoms with van der Waals surface area (Å²) in [6.45, 7) is 2.83. The lowest BCUT2D eigenvalue weighted by molar-refractivity contribution is -0.131. The van der Waals surface area contributed by atoms with Gasteiger partial charge >= 0.3 is 5.69 Å². The van der Waals surface area contributed by atoms with E-state index in [1.807, 2.05) is 6.92 Å². The van der Waals surface area contributed by atoms with Crippen molar-refractivity contribution in [2.45, 2.75) is 39.3 Å². The van der Waals surface area contributed by atoms with E-state index in [1.54, 1.807) is 0 Å². The number of halogens is 2. The second-order valence-electron chi connectivity index (χ2n) is 7.04. The van der Waals surface area contributed by atoms with E-state index in [-0.39, 0.29) is 30.0 Å². The van der Waals surface area contributed by atoms with Crippen LogP contribution in [0.2, 0.25) is 0 Å². The van der Waals surface area contributed by atoms with Gasteiger partial charge in [0.05, 0.1) is 18.4 Å². The van der Waals surface area contributed by atoms with Crippen LogP contribution >= 0.6 is 11.3 Å². The van der Waals surface area contributed by atoms with Gasteiger partial charge in [0.15, 0.2) is 0 Å². The number of benzene rings is 1. The number of hydrogen-bond donors (Lipinski definition) is 1. The summed E-state index contributed by atoms with van der Waals surface area (Å²) in [6, 6.07) is 3.52. The van der Waals surface area contributed by atoms with Crippen molar-refractivity contribution in [3.8, 4) is 0 Å². The summed E-state index contributed by atoms with van der Waals surface area (Å²) in [7, 11) is 0. The van der Waals surface area contributed by atoms with Gasteiger partial charge in [-0.3, -0.25) is 19.1 Å². The maximum atomic E-state index is 13.9. The summed E-state index contributed by atoms with van der Waals surface area (Å²) in [5.74, 6) is -1.87. The van der Waals surface area contributed by atoms with Crippen LogP contribution in [0.15, 0.2) is 27.8 Å². The van der Waals surface area contributed by atoms with Gasteiger partial charge in [-0.15, -0.1) is 11.3 Å². The highest BCUT2D eigenvalue weighted by Gasteiger charge is 2.27. The zero-order valence-corrected chi connectivity index (χ0v) is 16.6. The molecule has 1 amide bonds. The average Bonchev–Trinajstić information content (AvgIpc) is 3.05. The molecule has 0 unspecified atom stereocenters. The predicted molar refractivity (Wildman–Crippen MR) is 106 cm³/mol.